The van der Waals surface area contributed by atoms with Crippen molar-refractivity contribution in [3.63, 3.8) is 0 Å². The minimum Gasteiger partial charge on any atom is -0.486 e. The van der Waals surface area contributed by atoms with Gasteiger partial charge in [0.05, 0.1) is 0 Å². The second-order valence-electron chi connectivity index (χ2n) is 3.61. The lowest BCUT2D eigenvalue weighted by molar-refractivity contribution is 0.288. The van der Waals surface area contributed by atoms with Crippen molar-refractivity contribution in [3.8, 4) is 5.75 Å². The highest BCUT2D eigenvalue weighted by molar-refractivity contribution is 5.26. The molecule has 0 aliphatic heterocycles. The summed E-state index contributed by atoms with van der Waals surface area (Å²) < 4.78 is 20.3. The molecule has 0 saturated carbocycles. The van der Waals surface area contributed by atoms with Crippen molar-refractivity contribution in [2.45, 2.75) is 20.1 Å². The smallest absolute Gasteiger partial charge is 0.149 e. The average Bonchev–Trinajstić information content (AvgIpc) is 2.67. The number of ether oxygens (including phenoxy) is 1. The third-order valence-corrected chi connectivity index (χ3v) is 2.38. The van der Waals surface area contributed by atoms with Gasteiger partial charge in [0.2, 0.25) is 0 Å². The van der Waals surface area contributed by atoms with Crippen molar-refractivity contribution in [1.82, 2.24) is 9.55 Å². The Hall–Kier alpha value is -2.04. The Morgan fingerprint density at radius 2 is 2.29 bits per heavy atom. The second-order valence-corrected chi connectivity index (χ2v) is 3.61. The van der Waals surface area contributed by atoms with Gasteiger partial charge >= 0.3 is 0 Å². The molecule has 0 amide bonds. The molecule has 2 aromatic rings. The van der Waals surface area contributed by atoms with Crippen LogP contribution in [-0.2, 0) is 13.2 Å². The molecule has 2 rings (SSSR count). The number of imidazole rings is 1. The van der Waals surface area contributed by atoms with E-state index in [9.17, 15) is 4.39 Å². The number of aromatic nitrogens is 2. The van der Waals surface area contributed by atoms with Crippen LogP contribution in [0.3, 0.4) is 0 Å². The van der Waals surface area contributed by atoms with Crippen LogP contribution in [0.2, 0.25) is 0 Å². The van der Waals surface area contributed by atoms with Gasteiger partial charge in [0, 0.05) is 18.8 Å². The van der Waals surface area contributed by atoms with Crippen molar-refractivity contribution in [2.75, 3.05) is 5.73 Å². The summed E-state index contributed by atoms with van der Waals surface area (Å²) in [7, 11) is 0. The fraction of sp³-hybridized carbons (Fsp3) is 0.250. The summed E-state index contributed by atoms with van der Waals surface area (Å²) in [5.41, 5.74) is 5.60. The van der Waals surface area contributed by atoms with Crippen LogP contribution < -0.4 is 10.5 Å². The fourth-order valence-electron chi connectivity index (χ4n) is 1.57. The van der Waals surface area contributed by atoms with Gasteiger partial charge < -0.3 is 15.0 Å². The van der Waals surface area contributed by atoms with E-state index < -0.39 is 0 Å². The van der Waals surface area contributed by atoms with Gasteiger partial charge in [0.25, 0.3) is 0 Å². The molecule has 2 N–H and O–H groups in total. The van der Waals surface area contributed by atoms with Gasteiger partial charge in [0.15, 0.2) is 0 Å². The van der Waals surface area contributed by atoms with Crippen molar-refractivity contribution in [3.05, 3.63) is 42.1 Å². The summed E-state index contributed by atoms with van der Waals surface area (Å²) in [5, 5.41) is 0. The monoisotopic (exact) mass is 235 g/mol. The first-order valence-corrected chi connectivity index (χ1v) is 5.39. The number of nitrogens with zero attached hydrogens (tertiary/aromatic N) is 2. The Bertz CT molecular complexity index is 510. The normalized spacial score (nSPS) is 10.5. The Morgan fingerprint density at radius 1 is 1.47 bits per heavy atom. The third kappa shape index (κ3) is 2.75. The zero-order valence-corrected chi connectivity index (χ0v) is 9.56. The molecular formula is C12H14FN3O. The molecule has 0 aliphatic rings. The first-order chi connectivity index (χ1) is 8.19. The van der Waals surface area contributed by atoms with Crippen LogP contribution in [0.4, 0.5) is 10.2 Å². The van der Waals surface area contributed by atoms with Crippen molar-refractivity contribution in [1.29, 1.82) is 0 Å². The summed E-state index contributed by atoms with van der Waals surface area (Å²) in [6.07, 6.45) is 1.75. The van der Waals surface area contributed by atoms with Crippen molar-refractivity contribution >= 4 is 5.82 Å². The molecule has 0 fully saturated rings. The molecule has 1 heterocycles. The van der Waals surface area contributed by atoms with E-state index in [0.717, 1.165) is 12.4 Å². The molecule has 0 aliphatic carbocycles. The van der Waals surface area contributed by atoms with Crippen LogP contribution >= 0.6 is 0 Å². The molecule has 90 valence electrons. The standard InChI is InChI=1S/C12H14FN3O/c1-2-16-7-11(14)15-12(16)8-17-10-5-3-4-9(13)6-10/h3-7H,2,8,14H2,1H3. The van der Waals surface area contributed by atoms with E-state index in [1.54, 1.807) is 18.3 Å². The highest BCUT2D eigenvalue weighted by Crippen LogP contribution is 2.14. The highest BCUT2D eigenvalue weighted by atomic mass is 19.1. The Morgan fingerprint density at radius 3 is 3.00 bits per heavy atom. The number of nitrogens with two attached hydrogens (primary N) is 1. The van der Waals surface area contributed by atoms with Gasteiger partial charge in [0.1, 0.15) is 29.8 Å². The number of hydrogen-bond acceptors (Lipinski definition) is 3. The molecule has 1 aromatic carbocycles. The summed E-state index contributed by atoms with van der Waals surface area (Å²) in [4.78, 5) is 4.14. The van der Waals surface area contributed by atoms with Gasteiger partial charge in [-0.1, -0.05) is 6.07 Å². The Kier molecular flexibility index (Phi) is 3.27. The van der Waals surface area contributed by atoms with Crippen LogP contribution in [0.1, 0.15) is 12.7 Å². The summed E-state index contributed by atoms with van der Waals surface area (Å²) in [6.45, 7) is 3.04. The first kappa shape index (κ1) is 11.4. The Labute approximate surface area is 98.8 Å². The molecule has 0 atom stereocenters. The lowest BCUT2D eigenvalue weighted by atomic mass is 10.3. The number of anilines is 1. The molecule has 4 nitrogen and oxygen atoms in total. The van der Waals surface area contributed by atoms with Crippen LogP contribution in [0.5, 0.6) is 5.75 Å². The topological polar surface area (TPSA) is 53.1 Å². The minimum absolute atomic E-state index is 0.272. The molecule has 0 saturated heterocycles. The minimum atomic E-state index is -0.319. The largest absolute Gasteiger partial charge is 0.486 e. The number of rotatable bonds is 4. The van der Waals surface area contributed by atoms with E-state index >= 15 is 0 Å². The van der Waals surface area contributed by atoms with Crippen LogP contribution in [0, 0.1) is 5.82 Å². The van der Waals surface area contributed by atoms with Gasteiger partial charge in [-0.3, -0.25) is 0 Å². The number of halogens is 1. The average molecular weight is 235 g/mol. The van der Waals surface area contributed by atoms with Gasteiger partial charge in [-0.05, 0) is 19.1 Å². The molecule has 0 unspecified atom stereocenters. The lowest BCUT2D eigenvalue weighted by Gasteiger charge is -2.07. The van der Waals surface area contributed by atoms with E-state index in [0.29, 0.717) is 11.6 Å². The maximum absolute atomic E-state index is 12.9. The van der Waals surface area contributed by atoms with Gasteiger partial charge in [-0.15, -0.1) is 0 Å². The molecule has 0 spiro atoms. The summed E-state index contributed by atoms with van der Waals surface area (Å²) in [5.74, 6) is 1.36. The number of nitrogen functional groups attached to an aromatic ring is 1. The predicted molar refractivity (Wildman–Crippen MR) is 63.0 cm³/mol. The van der Waals surface area contributed by atoms with E-state index in [-0.39, 0.29) is 12.4 Å². The molecule has 1 aromatic heterocycles. The molecule has 17 heavy (non-hydrogen) atoms. The van der Waals surface area contributed by atoms with E-state index in [1.807, 2.05) is 11.5 Å². The van der Waals surface area contributed by atoms with Crippen LogP contribution in [0.15, 0.2) is 30.5 Å². The zero-order chi connectivity index (χ0) is 12.3. The van der Waals surface area contributed by atoms with Crippen LogP contribution in [0.25, 0.3) is 0 Å². The summed E-state index contributed by atoms with van der Waals surface area (Å²) >= 11 is 0. The second kappa shape index (κ2) is 4.86. The number of benzene rings is 1. The quantitative estimate of drug-likeness (QED) is 0.883. The molecule has 0 bridgehead atoms. The molecular weight excluding hydrogens is 221 g/mol. The predicted octanol–water partition coefficient (Wildman–Crippen LogP) is 2.20. The van der Waals surface area contributed by atoms with E-state index in [2.05, 4.69) is 4.98 Å². The number of aryl methyl sites for hydroxylation is 1. The maximum Gasteiger partial charge on any atom is 0.149 e. The van der Waals surface area contributed by atoms with Crippen molar-refractivity contribution in [2.24, 2.45) is 0 Å². The SMILES string of the molecule is CCn1cc(N)nc1COc1cccc(F)c1. The van der Waals surface area contributed by atoms with Crippen molar-refractivity contribution < 1.29 is 9.13 Å². The first-order valence-electron chi connectivity index (χ1n) is 5.39. The maximum atomic E-state index is 12.9. The lowest BCUT2D eigenvalue weighted by Crippen LogP contribution is -2.05. The van der Waals surface area contributed by atoms with Crippen LogP contribution in [-0.4, -0.2) is 9.55 Å². The third-order valence-electron chi connectivity index (χ3n) is 2.38. The van der Waals surface area contributed by atoms with E-state index in [4.69, 9.17) is 10.5 Å². The molecule has 0 radical (unpaired) electrons. The number of hydrogen-bond donors (Lipinski definition) is 1. The zero-order valence-electron chi connectivity index (χ0n) is 9.56. The Balaban J connectivity index is 2.06. The summed E-state index contributed by atoms with van der Waals surface area (Å²) in [6, 6.07) is 6.01. The van der Waals surface area contributed by atoms with E-state index in [1.165, 1.54) is 12.1 Å². The molecule has 5 heteroatoms. The highest BCUT2D eigenvalue weighted by Gasteiger charge is 2.05. The fourth-order valence-corrected chi connectivity index (χ4v) is 1.57. The van der Waals surface area contributed by atoms with Gasteiger partial charge in [-0.2, -0.15) is 0 Å². The van der Waals surface area contributed by atoms with Gasteiger partial charge in [-0.25, -0.2) is 9.37 Å².